The lowest BCUT2D eigenvalue weighted by Gasteiger charge is -2.11. The lowest BCUT2D eigenvalue weighted by molar-refractivity contribution is 0.301. The first-order valence-electron chi connectivity index (χ1n) is 8.89. The molecular weight excluding hydrogens is 426 g/mol. The fourth-order valence-electron chi connectivity index (χ4n) is 2.82. The first-order valence-corrected chi connectivity index (χ1v) is 10.8. The molecule has 0 radical (unpaired) electrons. The van der Waals surface area contributed by atoms with Gasteiger partial charge in [0.15, 0.2) is 0 Å². The molecule has 0 fully saturated rings. The third kappa shape index (κ3) is 4.45. The van der Waals surface area contributed by atoms with Gasteiger partial charge in [-0.25, -0.2) is 13.4 Å². The van der Waals surface area contributed by atoms with E-state index in [4.69, 9.17) is 16.3 Å². The number of ether oxygens (including phenoxy) is 1. The van der Waals surface area contributed by atoms with Gasteiger partial charge in [-0.05, 0) is 36.4 Å². The summed E-state index contributed by atoms with van der Waals surface area (Å²) in [5.41, 5.74) is 0.982. The largest absolute Gasteiger partial charge is 0.487 e. The summed E-state index contributed by atoms with van der Waals surface area (Å²) >= 11 is 5.91. The van der Waals surface area contributed by atoms with E-state index in [9.17, 15) is 13.2 Å². The third-order valence-electron chi connectivity index (χ3n) is 4.20. The molecule has 0 aliphatic carbocycles. The number of fused-ring (bicyclic) bond motifs is 1. The van der Waals surface area contributed by atoms with E-state index < -0.39 is 10.0 Å². The van der Waals surface area contributed by atoms with Crippen LogP contribution < -0.4 is 15.0 Å². The second kappa shape index (κ2) is 8.17. The number of sulfonamides is 1. The van der Waals surface area contributed by atoms with Crippen LogP contribution in [-0.2, 0) is 16.6 Å². The number of pyridine rings is 1. The predicted octanol–water partition coefficient (Wildman–Crippen LogP) is 3.73. The number of aromatic nitrogens is 2. The van der Waals surface area contributed by atoms with Crippen LogP contribution in [0.5, 0.6) is 5.75 Å². The number of anilines is 1. The number of benzene rings is 2. The van der Waals surface area contributed by atoms with Gasteiger partial charge in [0.25, 0.3) is 15.6 Å². The van der Waals surface area contributed by atoms with E-state index >= 15 is 0 Å². The van der Waals surface area contributed by atoms with Crippen LogP contribution in [0.4, 0.5) is 5.69 Å². The molecule has 4 aromatic rings. The van der Waals surface area contributed by atoms with Gasteiger partial charge in [0.1, 0.15) is 18.0 Å². The van der Waals surface area contributed by atoms with Crippen molar-refractivity contribution in [2.24, 2.45) is 0 Å². The molecule has 0 aliphatic rings. The normalized spacial score (nSPS) is 11.4. The van der Waals surface area contributed by atoms with E-state index in [0.717, 1.165) is 0 Å². The standard InChI is InChI=1S/C21H16ClN3O4S/c22-15-9-10-20-23-17(12-21(26)25(20)13-15)14-29-18-6-4-5-16(11-18)24-30(27,28)19-7-2-1-3-8-19/h1-13,24H,14H2. The average Bonchev–Trinajstić information content (AvgIpc) is 2.73. The van der Waals surface area contributed by atoms with Crippen LogP contribution >= 0.6 is 11.6 Å². The molecule has 2 aromatic carbocycles. The molecule has 0 bridgehead atoms. The highest BCUT2D eigenvalue weighted by Crippen LogP contribution is 2.21. The number of hydrogen-bond donors (Lipinski definition) is 1. The summed E-state index contributed by atoms with van der Waals surface area (Å²) in [5.74, 6) is 0.432. The maximum atomic E-state index is 12.5. The summed E-state index contributed by atoms with van der Waals surface area (Å²) in [6, 6.07) is 19.3. The minimum atomic E-state index is -3.70. The van der Waals surface area contributed by atoms with Gasteiger partial charge in [0.2, 0.25) is 0 Å². The lowest BCUT2D eigenvalue weighted by Crippen LogP contribution is -2.16. The highest BCUT2D eigenvalue weighted by Gasteiger charge is 2.13. The van der Waals surface area contributed by atoms with E-state index in [1.165, 1.54) is 28.8 Å². The van der Waals surface area contributed by atoms with Gasteiger partial charge in [-0.2, -0.15) is 0 Å². The molecule has 152 valence electrons. The quantitative estimate of drug-likeness (QED) is 0.492. The highest BCUT2D eigenvalue weighted by molar-refractivity contribution is 7.92. The van der Waals surface area contributed by atoms with Crippen LogP contribution in [0.1, 0.15) is 5.69 Å². The van der Waals surface area contributed by atoms with Crippen molar-refractivity contribution in [3.8, 4) is 5.75 Å². The number of nitrogens with zero attached hydrogens (tertiary/aromatic N) is 2. The summed E-state index contributed by atoms with van der Waals surface area (Å²) in [6.45, 7) is 0.0449. The van der Waals surface area contributed by atoms with Gasteiger partial charge in [0, 0.05) is 18.3 Å². The molecule has 0 saturated carbocycles. The second-order valence-corrected chi connectivity index (χ2v) is 8.52. The zero-order chi connectivity index (χ0) is 21.1. The molecule has 0 unspecified atom stereocenters. The molecule has 4 rings (SSSR count). The summed E-state index contributed by atoms with van der Waals surface area (Å²) in [7, 11) is -3.70. The molecule has 7 nitrogen and oxygen atoms in total. The van der Waals surface area contributed by atoms with Crippen molar-refractivity contribution in [3.63, 3.8) is 0 Å². The van der Waals surface area contributed by atoms with Crippen molar-refractivity contribution in [1.29, 1.82) is 0 Å². The van der Waals surface area contributed by atoms with Crippen molar-refractivity contribution in [2.75, 3.05) is 4.72 Å². The molecule has 2 heterocycles. The molecule has 0 spiro atoms. The monoisotopic (exact) mass is 441 g/mol. The van der Waals surface area contributed by atoms with E-state index in [1.54, 1.807) is 54.6 Å². The Bertz CT molecular complexity index is 1370. The predicted molar refractivity (Wildman–Crippen MR) is 114 cm³/mol. The fourth-order valence-corrected chi connectivity index (χ4v) is 4.05. The Morgan fingerprint density at radius 1 is 1.00 bits per heavy atom. The molecule has 30 heavy (non-hydrogen) atoms. The molecule has 9 heteroatoms. The van der Waals surface area contributed by atoms with Crippen molar-refractivity contribution in [1.82, 2.24) is 9.38 Å². The summed E-state index contributed by atoms with van der Waals surface area (Å²) in [6.07, 6.45) is 1.50. The Balaban J connectivity index is 1.51. The number of hydrogen-bond acceptors (Lipinski definition) is 5. The molecule has 0 saturated heterocycles. The van der Waals surface area contributed by atoms with Crippen LogP contribution in [0.25, 0.3) is 5.65 Å². The zero-order valence-electron chi connectivity index (χ0n) is 15.5. The van der Waals surface area contributed by atoms with Gasteiger partial charge in [-0.15, -0.1) is 0 Å². The van der Waals surface area contributed by atoms with Crippen LogP contribution in [0.15, 0.2) is 88.7 Å². The van der Waals surface area contributed by atoms with Crippen molar-refractivity contribution >= 4 is 33.0 Å². The summed E-state index contributed by atoms with van der Waals surface area (Å²) in [5, 5.41) is 0.435. The van der Waals surface area contributed by atoms with E-state index in [1.807, 2.05) is 0 Å². The van der Waals surface area contributed by atoms with Crippen molar-refractivity contribution < 1.29 is 13.2 Å². The van der Waals surface area contributed by atoms with E-state index in [0.29, 0.717) is 27.8 Å². The molecule has 2 aromatic heterocycles. The molecule has 1 N–H and O–H groups in total. The summed E-state index contributed by atoms with van der Waals surface area (Å²) in [4.78, 5) is 16.8. The number of nitrogens with one attached hydrogen (secondary N) is 1. The molecule has 0 amide bonds. The maximum absolute atomic E-state index is 12.5. The van der Waals surface area contributed by atoms with Crippen molar-refractivity contribution in [3.05, 3.63) is 100 Å². The van der Waals surface area contributed by atoms with Crippen LogP contribution in [0.2, 0.25) is 5.02 Å². The van der Waals surface area contributed by atoms with E-state index in [-0.39, 0.29) is 17.1 Å². The Morgan fingerprint density at radius 2 is 1.80 bits per heavy atom. The second-order valence-electron chi connectivity index (χ2n) is 6.40. The van der Waals surface area contributed by atoms with Gasteiger partial charge < -0.3 is 4.74 Å². The average molecular weight is 442 g/mol. The van der Waals surface area contributed by atoms with Crippen LogP contribution in [0, 0.1) is 0 Å². The highest BCUT2D eigenvalue weighted by atomic mass is 35.5. The number of rotatable bonds is 6. The van der Waals surface area contributed by atoms with E-state index in [2.05, 4.69) is 9.71 Å². The van der Waals surface area contributed by atoms with Crippen LogP contribution in [0.3, 0.4) is 0 Å². The van der Waals surface area contributed by atoms with Gasteiger partial charge in [-0.1, -0.05) is 35.9 Å². The van der Waals surface area contributed by atoms with Gasteiger partial charge in [-0.3, -0.25) is 13.9 Å². The molecule has 0 atom stereocenters. The van der Waals surface area contributed by atoms with Gasteiger partial charge >= 0.3 is 0 Å². The molecule has 0 aliphatic heterocycles. The Kier molecular flexibility index (Phi) is 5.43. The smallest absolute Gasteiger partial charge is 0.261 e. The molecular formula is C21H16ClN3O4S. The van der Waals surface area contributed by atoms with Gasteiger partial charge in [0.05, 0.1) is 21.3 Å². The fraction of sp³-hybridized carbons (Fsp3) is 0.0476. The zero-order valence-corrected chi connectivity index (χ0v) is 17.1. The maximum Gasteiger partial charge on any atom is 0.261 e. The lowest BCUT2D eigenvalue weighted by atomic mass is 10.3. The minimum Gasteiger partial charge on any atom is -0.487 e. The summed E-state index contributed by atoms with van der Waals surface area (Å²) < 4.78 is 34.5. The Labute approximate surface area is 177 Å². The Hall–Kier alpha value is -3.36. The Morgan fingerprint density at radius 3 is 2.60 bits per heavy atom. The SMILES string of the molecule is O=c1cc(COc2cccc(NS(=O)(=O)c3ccccc3)c2)nc2ccc(Cl)cn12. The first kappa shape index (κ1) is 19.9. The van der Waals surface area contributed by atoms with Crippen molar-refractivity contribution in [2.45, 2.75) is 11.5 Å². The topological polar surface area (TPSA) is 89.8 Å². The number of halogens is 1. The first-order chi connectivity index (χ1) is 14.4. The van der Waals surface area contributed by atoms with Crippen LogP contribution in [-0.4, -0.2) is 17.8 Å². The minimum absolute atomic E-state index is 0.0449. The third-order valence-corrected chi connectivity index (χ3v) is 5.82.